The standard InChI is InChI=1S/C24H27N3O5S2/c1-17-8-12-22(13-9-17)27(33(4,29)30)19(3)24(28)25-20-10-14-23(15-11-20)34(31,32)26-21-7-5-6-18(2)16-21/h5-16,19,26H,1-4H3,(H,25,28). The van der Waals surface area contributed by atoms with Crippen molar-refractivity contribution >= 4 is 43.0 Å². The first kappa shape index (κ1) is 25.3. The molecule has 3 aromatic carbocycles. The van der Waals surface area contributed by atoms with Gasteiger partial charge in [0.1, 0.15) is 6.04 Å². The van der Waals surface area contributed by atoms with E-state index in [0.29, 0.717) is 17.1 Å². The average Bonchev–Trinajstić information content (AvgIpc) is 2.74. The molecule has 0 aliphatic carbocycles. The lowest BCUT2D eigenvalue weighted by Gasteiger charge is -2.28. The second kappa shape index (κ2) is 9.86. The molecular formula is C24H27N3O5S2. The molecule has 0 radical (unpaired) electrons. The number of carbonyl (C=O) groups excluding carboxylic acids is 1. The maximum absolute atomic E-state index is 12.8. The van der Waals surface area contributed by atoms with Crippen LogP contribution in [0, 0.1) is 13.8 Å². The van der Waals surface area contributed by atoms with Gasteiger partial charge in [-0.2, -0.15) is 0 Å². The number of nitrogens with zero attached hydrogens (tertiary/aromatic N) is 1. The fourth-order valence-electron chi connectivity index (χ4n) is 3.39. The molecule has 0 aromatic heterocycles. The molecule has 180 valence electrons. The van der Waals surface area contributed by atoms with Crippen LogP contribution in [0.25, 0.3) is 0 Å². The Balaban J connectivity index is 1.76. The molecule has 10 heteroatoms. The minimum atomic E-state index is -3.81. The first-order valence-electron chi connectivity index (χ1n) is 10.4. The lowest BCUT2D eigenvalue weighted by Crippen LogP contribution is -2.45. The number of hydrogen-bond acceptors (Lipinski definition) is 5. The van der Waals surface area contributed by atoms with Gasteiger partial charge in [-0.3, -0.25) is 13.8 Å². The first-order chi connectivity index (χ1) is 15.9. The van der Waals surface area contributed by atoms with Crippen LogP contribution in [0.3, 0.4) is 0 Å². The van der Waals surface area contributed by atoms with Crippen molar-refractivity contribution in [2.24, 2.45) is 0 Å². The largest absolute Gasteiger partial charge is 0.324 e. The van der Waals surface area contributed by atoms with Crippen molar-refractivity contribution in [3.8, 4) is 0 Å². The summed E-state index contributed by atoms with van der Waals surface area (Å²) in [7, 11) is -7.56. The second-order valence-electron chi connectivity index (χ2n) is 8.06. The lowest BCUT2D eigenvalue weighted by molar-refractivity contribution is -0.116. The zero-order chi connectivity index (χ0) is 25.1. The van der Waals surface area contributed by atoms with Crippen LogP contribution < -0.4 is 14.3 Å². The topological polar surface area (TPSA) is 113 Å². The van der Waals surface area contributed by atoms with E-state index in [1.54, 1.807) is 42.5 Å². The molecule has 1 amide bonds. The average molecular weight is 502 g/mol. The summed E-state index contributed by atoms with van der Waals surface area (Å²) < 4.78 is 53.7. The van der Waals surface area contributed by atoms with E-state index < -0.39 is 32.0 Å². The summed E-state index contributed by atoms with van der Waals surface area (Å²) in [5, 5.41) is 2.65. The number of anilines is 3. The van der Waals surface area contributed by atoms with Gasteiger partial charge in [-0.15, -0.1) is 0 Å². The van der Waals surface area contributed by atoms with Crippen molar-refractivity contribution in [3.63, 3.8) is 0 Å². The molecule has 1 atom stereocenters. The predicted octanol–water partition coefficient (Wildman–Crippen LogP) is 3.90. The highest BCUT2D eigenvalue weighted by Gasteiger charge is 2.29. The molecule has 0 saturated heterocycles. The second-order valence-corrected chi connectivity index (χ2v) is 11.6. The molecule has 0 spiro atoms. The Morgan fingerprint density at radius 3 is 2.00 bits per heavy atom. The van der Waals surface area contributed by atoms with Crippen molar-refractivity contribution < 1.29 is 21.6 Å². The van der Waals surface area contributed by atoms with E-state index in [9.17, 15) is 21.6 Å². The van der Waals surface area contributed by atoms with Gasteiger partial charge in [0.25, 0.3) is 10.0 Å². The van der Waals surface area contributed by atoms with E-state index in [2.05, 4.69) is 10.0 Å². The molecule has 0 fully saturated rings. The van der Waals surface area contributed by atoms with Gasteiger partial charge in [-0.1, -0.05) is 29.8 Å². The van der Waals surface area contributed by atoms with Crippen LogP contribution in [0.4, 0.5) is 17.1 Å². The molecule has 3 aromatic rings. The van der Waals surface area contributed by atoms with Gasteiger partial charge in [0.05, 0.1) is 16.8 Å². The Labute approximate surface area is 200 Å². The third-order valence-corrected chi connectivity index (χ3v) is 7.72. The third kappa shape index (κ3) is 6.15. The summed E-state index contributed by atoms with van der Waals surface area (Å²) in [6, 6.07) is 18.4. The molecule has 0 heterocycles. The Morgan fingerprint density at radius 1 is 0.824 bits per heavy atom. The Morgan fingerprint density at radius 2 is 1.44 bits per heavy atom. The van der Waals surface area contributed by atoms with E-state index >= 15 is 0 Å². The maximum Gasteiger partial charge on any atom is 0.261 e. The van der Waals surface area contributed by atoms with Crippen LogP contribution in [-0.4, -0.2) is 35.0 Å². The minimum Gasteiger partial charge on any atom is -0.324 e. The van der Waals surface area contributed by atoms with Gasteiger partial charge in [-0.25, -0.2) is 16.8 Å². The highest BCUT2D eigenvalue weighted by atomic mass is 32.2. The number of sulfonamides is 2. The molecule has 1 unspecified atom stereocenters. The van der Waals surface area contributed by atoms with E-state index in [-0.39, 0.29) is 4.90 Å². The van der Waals surface area contributed by atoms with E-state index in [1.807, 2.05) is 19.9 Å². The number of amides is 1. The monoisotopic (exact) mass is 501 g/mol. The predicted molar refractivity (Wildman–Crippen MR) is 135 cm³/mol. The molecule has 0 bridgehead atoms. The fourth-order valence-corrected chi connectivity index (χ4v) is 5.61. The number of benzene rings is 3. The SMILES string of the molecule is Cc1ccc(N(C(C)C(=O)Nc2ccc(S(=O)(=O)Nc3cccc(C)c3)cc2)S(C)(=O)=O)cc1. The van der Waals surface area contributed by atoms with E-state index in [1.165, 1.54) is 31.2 Å². The van der Waals surface area contributed by atoms with Gasteiger partial charge < -0.3 is 5.32 Å². The van der Waals surface area contributed by atoms with Crippen LogP contribution in [0.2, 0.25) is 0 Å². The maximum atomic E-state index is 12.8. The van der Waals surface area contributed by atoms with Gasteiger partial charge in [0.15, 0.2) is 0 Å². The zero-order valence-electron chi connectivity index (χ0n) is 19.3. The summed E-state index contributed by atoms with van der Waals surface area (Å²) in [5.41, 5.74) is 3.04. The smallest absolute Gasteiger partial charge is 0.261 e. The van der Waals surface area contributed by atoms with Gasteiger partial charge in [-0.05, 0) is 74.9 Å². The van der Waals surface area contributed by atoms with Gasteiger partial charge in [0, 0.05) is 11.4 Å². The molecule has 0 aliphatic rings. The number of rotatable bonds is 8. The Hall–Kier alpha value is -3.37. The summed E-state index contributed by atoms with van der Waals surface area (Å²) in [6.07, 6.45) is 1.04. The van der Waals surface area contributed by atoms with Crippen LogP contribution in [0.15, 0.2) is 77.7 Å². The van der Waals surface area contributed by atoms with Crippen molar-refractivity contribution in [1.29, 1.82) is 0 Å². The highest BCUT2D eigenvalue weighted by molar-refractivity contribution is 7.92. The number of nitrogens with one attached hydrogen (secondary N) is 2. The van der Waals surface area contributed by atoms with Crippen molar-refractivity contribution in [2.45, 2.75) is 31.7 Å². The quantitative estimate of drug-likeness (QED) is 0.486. The first-order valence-corrected chi connectivity index (χ1v) is 13.8. The molecule has 0 saturated carbocycles. The van der Waals surface area contributed by atoms with Gasteiger partial charge >= 0.3 is 0 Å². The number of carbonyl (C=O) groups is 1. The molecular weight excluding hydrogens is 474 g/mol. The Bertz CT molecular complexity index is 1390. The molecule has 3 rings (SSSR count). The van der Waals surface area contributed by atoms with Crippen molar-refractivity contribution in [1.82, 2.24) is 0 Å². The molecule has 34 heavy (non-hydrogen) atoms. The van der Waals surface area contributed by atoms with Crippen molar-refractivity contribution in [2.75, 3.05) is 20.6 Å². The van der Waals surface area contributed by atoms with E-state index in [4.69, 9.17) is 0 Å². The van der Waals surface area contributed by atoms with Crippen LogP contribution in [0.5, 0.6) is 0 Å². The van der Waals surface area contributed by atoms with Crippen LogP contribution in [-0.2, 0) is 24.8 Å². The molecule has 8 nitrogen and oxygen atoms in total. The lowest BCUT2D eigenvalue weighted by atomic mass is 10.2. The summed E-state index contributed by atoms with van der Waals surface area (Å²) in [6.45, 7) is 5.23. The van der Waals surface area contributed by atoms with Crippen LogP contribution >= 0.6 is 0 Å². The summed E-state index contributed by atoms with van der Waals surface area (Å²) in [4.78, 5) is 12.9. The van der Waals surface area contributed by atoms with E-state index in [0.717, 1.165) is 21.7 Å². The molecule has 0 aliphatic heterocycles. The van der Waals surface area contributed by atoms with Crippen molar-refractivity contribution in [3.05, 3.63) is 83.9 Å². The number of hydrogen-bond donors (Lipinski definition) is 2. The minimum absolute atomic E-state index is 0.0254. The van der Waals surface area contributed by atoms with Crippen LogP contribution in [0.1, 0.15) is 18.1 Å². The normalized spacial score (nSPS) is 12.6. The fraction of sp³-hybridized carbons (Fsp3) is 0.208. The molecule has 2 N–H and O–H groups in total. The zero-order valence-corrected chi connectivity index (χ0v) is 20.9. The third-order valence-electron chi connectivity index (χ3n) is 5.08. The van der Waals surface area contributed by atoms with Gasteiger partial charge in [0.2, 0.25) is 15.9 Å². The Kier molecular flexibility index (Phi) is 7.32. The highest BCUT2D eigenvalue weighted by Crippen LogP contribution is 2.23. The summed E-state index contributed by atoms with van der Waals surface area (Å²) in [5.74, 6) is -0.556. The summed E-state index contributed by atoms with van der Waals surface area (Å²) >= 11 is 0. The number of aryl methyl sites for hydroxylation is 2.